The summed E-state index contributed by atoms with van der Waals surface area (Å²) in [5.41, 5.74) is 1.89. The van der Waals surface area contributed by atoms with Crippen LogP contribution in [0.1, 0.15) is 48.9 Å². The number of benzene rings is 2. The van der Waals surface area contributed by atoms with Crippen molar-refractivity contribution >= 4 is 40.8 Å². The molecule has 3 N–H and O–H groups in total. The first-order chi connectivity index (χ1) is 15.5. The van der Waals surface area contributed by atoms with Gasteiger partial charge in [-0.05, 0) is 67.8 Å². The molecule has 0 aromatic heterocycles. The number of nitrogens with one attached hydrogen (secondary N) is 3. The van der Waals surface area contributed by atoms with E-state index in [1.165, 1.54) is 12.8 Å². The Balaban J connectivity index is 1.36. The molecule has 1 aliphatic rings. The van der Waals surface area contributed by atoms with Crippen LogP contribution in [0.25, 0.3) is 0 Å². The van der Waals surface area contributed by atoms with Gasteiger partial charge in [0.15, 0.2) is 0 Å². The van der Waals surface area contributed by atoms with Crippen molar-refractivity contribution in [2.75, 3.05) is 30.3 Å². The number of likely N-dealkylation sites (tertiary alicyclic amines) is 1. The fourth-order valence-electron chi connectivity index (χ4n) is 3.49. The van der Waals surface area contributed by atoms with E-state index in [1.807, 2.05) is 4.90 Å². The molecule has 1 heterocycles. The number of hydrogen-bond acceptors (Lipinski definition) is 3. The van der Waals surface area contributed by atoms with Gasteiger partial charge >= 0.3 is 6.03 Å². The Morgan fingerprint density at radius 2 is 1.41 bits per heavy atom. The second-order valence-corrected chi connectivity index (χ2v) is 8.26. The third-order valence-electron chi connectivity index (χ3n) is 5.29. The lowest BCUT2D eigenvalue weighted by atomic mass is 10.2. The van der Waals surface area contributed by atoms with Gasteiger partial charge in [-0.25, -0.2) is 4.79 Å². The lowest BCUT2D eigenvalue weighted by molar-refractivity contribution is -0.116. The Labute approximate surface area is 193 Å². The van der Waals surface area contributed by atoms with Gasteiger partial charge in [-0.3, -0.25) is 9.59 Å². The number of amides is 4. The topological polar surface area (TPSA) is 90.5 Å². The molecule has 1 saturated heterocycles. The van der Waals surface area contributed by atoms with Crippen LogP contribution in [0.15, 0.2) is 48.5 Å². The second kappa shape index (κ2) is 12.1. The minimum atomic E-state index is -0.195. The minimum Gasteiger partial charge on any atom is -0.352 e. The quantitative estimate of drug-likeness (QED) is 0.517. The molecule has 0 radical (unpaired) electrons. The molecular formula is C24H29ClN4O3. The van der Waals surface area contributed by atoms with E-state index in [9.17, 15) is 14.4 Å². The zero-order chi connectivity index (χ0) is 22.8. The average Bonchev–Trinajstić information content (AvgIpc) is 3.08. The molecule has 170 valence electrons. The van der Waals surface area contributed by atoms with Crippen LogP contribution in [0.4, 0.5) is 16.2 Å². The highest BCUT2D eigenvalue weighted by Gasteiger charge is 2.15. The highest BCUT2D eigenvalue weighted by Crippen LogP contribution is 2.16. The Kier molecular flexibility index (Phi) is 8.92. The molecule has 0 saturated carbocycles. The molecule has 4 amide bonds. The van der Waals surface area contributed by atoms with Gasteiger partial charge in [0.05, 0.1) is 0 Å². The van der Waals surface area contributed by atoms with Gasteiger partial charge in [0.1, 0.15) is 0 Å². The number of anilines is 2. The first-order valence-corrected chi connectivity index (χ1v) is 11.4. The highest BCUT2D eigenvalue weighted by atomic mass is 35.5. The van der Waals surface area contributed by atoms with Crippen LogP contribution in [-0.2, 0) is 4.79 Å². The molecular weight excluding hydrogens is 428 g/mol. The third kappa shape index (κ3) is 7.57. The van der Waals surface area contributed by atoms with E-state index in [2.05, 4.69) is 16.0 Å². The second-order valence-electron chi connectivity index (χ2n) is 7.82. The molecule has 0 spiro atoms. The van der Waals surface area contributed by atoms with Crippen LogP contribution in [0.5, 0.6) is 0 Å². The lowest BCUT2D eigenvalue weighted by Gasteiger charge is -2.20. The van der Waals surface area contributed by atoms with Gasteiger partial charge in [-0.2, -0.15) is 0 Å². The van der Waals surface area contributed by atoms with Gasteiger partial charge < -0.3 is 20.9 Å². The van der Waals surface area contributed by atoms with Gasteiger partial charge in [0.2, 0.25) is 5.91 Å². The van der Waals surface area contributed by atoms with Gasteiger partial charge in [0, 0.05) is 48.0 Å². The van der Waals surface area contributed by atoms with Crippen molar-refractivity contribution in [2.24, 2.45) is 0 Å². The van der Waals surface area contributed by atoms with E-state index in [0.29, 0.717) is 34.9 Å². The summed E-state index contributed by atoms with van der Waals surface area (Å²) < 4.78 is 0. The zero-order valence-corrected chi connectivity index (χ0v) is 18.8. The highest BCUT2D eigenvalue weighted by molar-refractivity contribution is 6.30. The van der Waals surface area contributed by atoms with Crippen LogP contribution in [0, 0.1) is 0 Å². The summed E-state index contributed by atoms with van der Waals surface area (Å²) in [5, 5.41) is 9.11. The maximum absolute atomic E-state index is 12.4. The average molecular weight is 457 g/mol. The monoisotopic (exact) mass is 456 g/mol. The van der Waals surface area contributed by atoms with Crippen molar-refractivity contribution in [3.05, 3.63) is 59.1 Å². The van der Waals surface area contributed by atoms with Crippen LogP contribution in [-0.4, -0.2) is 42.4 Å². The standard InChI is InChI=1S/C24H29ClN4O3/c25-19-9-7-18(8-10-19)23(31)26-15-5-6-22(30)27-20-11-13-21(14-12-20)28-24(32)29-16-3-1-2-4-17-29/h7-14H,1-6,15-17H2,(H,26,31)(H,27,30)(H,28,32). The van der Waals surface area contributed by atoms with E-state index in [1.54, 1.807) is 48.5 Å². The maximum atomic E-state index is 12.4. The summed E-state index contributed by atoms with van der Waals surface area (Å²) in [6, 6.07) is 13.6. The van der Waals surface area contributed by atoms with Crippen LogP contribution in [0.2, 0.25) is 5.02 Å². The molecule has 0 unspecified atom stereocenters. The smallest absolute Gasteiger partial charge is 0.321 e. The fourth-order valence-corrected chi connectivity index (χ4v) is 3.62. The molecule has 32 heavy (non-hydrogen) atoms. The molecule has 3 rings (SSSR count). The molecule has 8 heteroatoms. The molecule has 2 aromatic rings. The summed E-state index contributed by atoms with van der Waals surface area (Å²) in [4.78, 5) is 38.4. The van der Waals surface area contributed by atoms with Crippen molar-refractivity contribution in [3.8, 4) is 0 Å². The van der Waals surface area contributed by atoms with Crippen LogP contribution in [0.3, 0.4) is 0 Å². The van der Waals surface area contributed by atoms with Crippen LogP contribution >= 0.6 is 11.6 Å². The number of nitrogens with zero attached hydrogens (tertiary/aromatic N) is 1. The summed E-state index contributed by atoms with van der Waals surface area (Å²) in [6.45, 7) is 1.98. The molecule has 1 aliphatic heterocycles. The van der Waals surface area contributed by atoms with Gasteiger partial charge in [-0.15, -0.1) is 0 Å². The van der Waals surface area contributed by atoms with Crippen LogP contribution < -0.4 is 16.0 Å². The number of carbonyl (C=O) groups is 3. The first kappa shape index (κ1) is 23.6. The van der Waals surface area contributed by atoms with Crippen molar-refractivity contribution in [1.29, 1.82) is 0 Å². The molecule has 0 atom stereocenters. The summed E-state index contributed by atoms with van der Waals surface area (Å²) >= 11 is 5.82. The number of carbonyl (C=O) groups excluding carboxylic acids is 3. The normalized spacial score (nSPS) is 13.7. The van der Waals surface area contributed by atoms with Gasteiger partial charge in [-0.1, -0.05) is 24.4 Å². The molecule has 7 nitrogen and oxygen atoms in total. The maximum Gasteiger partial charge on any atom is 0.321 e. The molecule has 0 bridgehead atoms. The van der Waals surface area contributed by atoms with E-state index < -0.39 is 0 Å². The van der Waals surface area contributed by atoms with E-state index in [-0.39, 0.29) is 24.3 Å². The zero-order valence-electron chi connectivity index (χ0n) is 18.0. The Morgan fingerprint density at radius 3 is 2.03 bits per heavy atom. The fraction of sp³-hybridized carbons (Fsp3) is 0.375. The summed E-state index contributed by atoms with van der Waals surface area (Å²) in [7, 11) is 0. The predicted molar refractivity (Wildman–Crippen MR) is 127 cm³/mol. The molecule has 1 fully saturated rings. The minimum absolute atomic E-state index is 0.0793. The van der Waals surface area contributed by atoms with Crippen molar-refractivity contribution in [3.63, 3.8) is 0 Å². The van der Waals surface area contributed by atoms with E-state index in [4.69, 9.17) is 11.6 Å². The molecule has 2 aromatic carbocycles. The molecule has 0 aliphatic carbocycles. The SMILES string of the molecule is O=C(CCCNC(=O)c1ccc(Cl)cc1)Nc1ccc(NC(=O)N2CCCCCC2)cc1. The van der Waals surface area contributed by atoms with Gasteiger partial charge in [0.25, 0.3) is 5.91 Å². The van der Waals surface area contributed by atoms with E-state index >= 15 is 0 Å². The van der Waals surface area contributed by atoms with Crippen molar-refractivity contribution in [2.45, 2.75) is 38.5 Å². The number of halogens is 1. The number of hydrogen-bond donors (Lipinski definition) is 3. The first-order valence-electron chi connectivity index (χ1n) is 11.0. The van der Waals surface area contributed by atoms with Crippen molar-refractivity contribution < 1.29 is 14.4 Å². The predicted octanol–water partition coefficient (Wildman–Crippen LogP) is 4.90. The Hall–Kier alpha value is -3.06. The summed E-state index contributed by atoms with van der Waals surface area (Å²) in [5.74, 6) is -0.327. The third-order valence-corrected chi connectivity index (χ3v) is 5.54. The largest absolute Gasteiger partial charge is 0.352 e. The van der Waals surface area contributed by atoms with Crippen molar-refractivity contribution in [1.82, 2.24) is 10.2 Å². The number of urea groups is 1. The number of rotatable bonds is 7. The Morgan fingerprint density at radius 1 is 0.812 bits per heavy atom. The van der Waals surface area contributed by atoms with E-state index in [0.717, 1.165) is 25.9 Å². The lowest BCUT2D eigenvalue weighted by Crippen LogP contribution is -2.35. The summed E-state index contributed by atoms with van der Waals surface area (Å²) in [6.07, 6.45) is 5.25. The Bertz CT molecular complexity index is 908.